The number of hydrogen-bond donors (Lipinski definition) is 2. The zero-order valence-corrected chi connectivity index (χ0v) is 17.4. The molecule has 1 saturated heterocycles. The van der Waals surface area contributed by atoms with Gasteiger partial charge in [-0.2, -0.15) is 0 Å². The maximum Gasteiger partial charge on any atom is 0.313 e. The third-order valence-electron chi connectivity index (χ3n) is 6.08. The van der Waals surface area contributed by atoms with E-state index in [-0.39, 0.29) is 16.9 Å². The van der Waals surface area contributed by atoms with E-state index in [1.807, 2.05) is 54.6 Å². The highest BCUT2D eigenvalue weighted by atomic mass is 16.2. The number of carbonyl (C=O) groups excluding carboxylic acids is 2. The summed E-state index contributed by atoms with van der Waals surface area (Å²) in [6, 6.07) is 17.4. The fraction of sp³-hybridized carbons (Fsp3) is 0.417. The molecule has 152 valence electrons. The van der Waals surface area contributed by atoms with Gasteiger partial charge in [0, 0.05) is 29.6 Å². The molecule has 1 aliphatic heterocycles. The van der Waals surface area contributed by atoms with E-state index in [2.05, 4.69) is 31.4 Å². The molecule has 2 fully saturated rings. The molecule has 2 aromatic rings. The van der Waals surface area contributed by atoms with E-state index in [0.717, 1.165) is 30.6 Å². The third-order valence-corrected chi connectivity index (χ3v) is 6.08. The molecule has 2 aromatic carbocycles. The number of anilines is 3. The van der Waals surface area contributed by atoms with Crippen molar-refractivity contribution in [3.8, 4) is 0 Å². The molecule has 0 radical (unpaired) electrons. The highest BCUT2D eigenvalue weighted by molar-refractivity contribution is 6.39. The zero-order chi connectivity index (χ0) is 20.6. The smallest absolute Gasteiger partial charge is 0.313 e. The van der Waals surface area contributed by atoms with E-state index in [4.69, 9.17) is 0 Å². The van der Waals surface area contributed by atoms with Crippen LogP contribution in [0.4, 0.5) is 17.1 Å². The number of rotatable bonds is 3. The van der Waals surface area contributed by atoms with E-state index < -0.39 is 11.8 Å². The summed E-state index contributed by atoms with van der Waals surface area (Å²) in [5.41, 5.74) is 2.87. The van der Waals surface area contributed by atoms with Crippen molar-refractivity contribution in [3.63, 3.8) is 0 Å². The molecular weight excluding hydrogens is 362 g/mol. The predicted octanol–water partition coefficient (Wildman–Crippen LogP) is 4.80. The monoisotopic (exact) mass is 391 g/mol. The van der Waals surface area contributed by atoms with E-state index in [0.29, 0.717) is 12.2 Å². The van der Waals surface area contributed by atoms with Crippen LogP contribution in [0, 0.1) is 10.8 Å². The number of likely N-dealkylation sites (tertiary alicyclic amines) is 1. The number of amides is 2. The Balaban J connectivity index is 1.39. The lowest BCUT2D eigenvalue weighted by molar-refractivity contribution is -0.144. The maximum atomic E-state index is 12.9. The molecule has 0 spiro atoms. The predicted molar refractivity (Wildman–Crippen MR) is 116 cm³/mol. The number of nitrogens with zero attached hydrogens (tertiary/aromatic N) is 1. The van der Waals surface area contributed by atoms with Gasteiger partial charge in [0.15, 0.2) is 0 Å². The first-order valence-electron chi connectivity index (χ1n) is 10.3. The first kappa shape index (κ1) is 19.5. The Bertz CT molecular complexity index is 907. The highest BCUT2D eigenvalue weighted by Gasteiger charge is 2.51. The molecule has 2 amide bonds. The Labute approximate surface area is 172 Å². The van der Waals surface area contributed by atoms with Gasteiger partial charge in [-0.1, -0.05) is 39.0 Å². The van der Waals surface area contributed by atoms with Gasteiger partial charge < -0.3 is 15.5 Å². The van der Waals surface area contributed by atoms with Gasteiger partial charge in [0.2, 0.25) is 0 Å². The molecule has 29 heavy (non-hydrogen) atoms. The molecule has 1 heterocycles. The summed E-state index contributed by atoms with van der Waals surface area (Å²) in [6.45, 7) is 7.44. The van der Waals surface area contributed by atoms with Crippen molar-refractivity contribution in [1.82, 2.24) is 4.90 Å². The van der Waals surface area contributed by atoms with Gasteiger partial charge in [0.25, 0.3) is 0 Å². The lowest BCUT2D eigenvalue weighted by Gasteiger charge is -2.39. The standard InChI is InChI=1S/C24H29N3O2/c1-23(2)13-20-14-24(3,15-23)16-27(20)22(29)21(28)26-19-11-9-18(10-12-19)25-17-7-5-4-6-8-17/h4-12,20,25H,13-16H2,1-3H3,(H,26,28). The summed E-state index contributed by atoms with van der Waals surface area (Å²) in [5.74, 6) is -0.967. The van der Waals surface area contributed by atoms with Gasteiger partial charge in [-0.3, -0.25) is 9.59 Å². The quantitative estimate of drug-likeness (QED) is 0.739. The molecule has 0 aromatic heterocycles. The Hall–Kier alpha value is -2.82. The van der Waals surface area contributed by atoms with Crippen molar-refractivity contribution < 1.29 is 9.59 Å². The molecule has 1 aliphatic carbocycles. The fourth-order valence-corrected chi connectivity index (χ4v) is 5.34. The van der Waals surface area contributed by atoms with Crippen LogP contribution >= 0.6 is 0 Å². The average Bonchev–Trinajstić information content (AvgIpc) is 2.92. The van der Waals surface area contributed by atoms with E-state index >= 15 is 0 Å². The van der Waals surface area contributed by atoms with Crippen molar-refractivity contribution in [2.45, 2.75) is 46.1 Å². The van der Waals surface area contributed by atoms with E-state index in [1.54, 1.807) is 4.90 Å². The number of benzene rings is 2. The van der Waals surface area contributed by atoms with Gasteiger partial charge >= 0.3 is 11.8 Å². The van der Waals surface area contributed by atoms with Crippen LogP contribution in [0.3, 0.4) is 0 Å². The summed E-state index contributed by atoms with van der Waals surface area (Å²) in [7, 11) is 0. The maximum absolute atomic E-state index is 12.9. The first-order valence-corrected chi connectivity index (χ1v) is 10.3. The minimum atomic E-state index is -0.553. The Morgan fingerprint density at radius 1 is 0.897 bits per heavy atom. The lowest BCUT2D eigenvalue weighted by atomic mass is 9.65. The molecule has 2 aliphatic rings. The Morgan fingerprint density at radius 2 is 1.52 bits per heavy atom. The summed E-state index contributed by atoms with van der Waals surface area (Å²) in [5, 5.41) is 6.07. The minimum Gasteiger partial charge on any atom is -0.356 e. The zero-order valence-electron chi connectivity index (χ0n) is 17.4. The van der Waals surface area contributed by atoms with Crippen molar-refractivity contribution in [3.05, 3.63) is 54.6 Å². The normalized spacial score (nSPS) is 24.8. The molecular formula is C24H29N3O2. The topological polar surface area (TPSA) is 61.4 Å². The highest BCUT2D eigenvalue weighted by Crippen LogP contribution is 2.52. The van der Waals surface area contributed by atoms with Gasteiger partial charge in [0.05, 0.1) is 0 Å². The second kappa shape index (κ2) is 7.21. The van der Waals surface area contributed by atoms with Crippen LogP contribution < -0.4 is 10.6 Å². The van der Waals surface area contributed by atoms with Crippen LogP contribution in [0.2, 0.25) is 0 Å². The van der Waals surface area contributed by atoms with Crippen molar-refractivity contribution in [1.29, 1.82) is 0 Å². The SMILES string of the molecule is CC1(C)CC2CC(C)(CN2C(=O)C(=O)Nc2ccc(Nc3ccccc3)cc2)C1. The molecule has 2 unspecified atom stereocenters. The largest absolute Gasteiger partial charge is 0.356 e. The van der Waals surface area contributed by atoms with E-state index in [1.165, 1.54) is 0 Å². The number of hydrogen-bond acceptors (Lipinski definition) is 3. The third kappa shape index (κ3) is 4.29. The summed E-state index contributed by atoms with van der Waals surface area (Å²) in [6.07, 6.45) is 3.05. The number of para-hydroxylation sites is 1. The summed E-state index contributed by atoms with van der Waals surface area (Å²) in [4.78, 5) is 27.3. The van der Waals surface area contributed by atoms with Crippen LogP contribution in [-0.2, 0) is 9.59 Å². The first-order chi connectivity index (χ1) is 13.7. The van der Waals surface area contributed by atoms with E-state index in [9.17, 15) is 9.59 Å². The molecule has 2 atom stereocenters. The van der Waals surface area contributed by atoms with Crippen LogP contribution in [0.25, 0.3) is 0 Å². The number of nitrogens with one attached hydrogen (secondary N) is 2. The molecule has 2 N–H and O–H groups in total. The van der Waals surface area contributed by atoms with Crippen LogP contribution in [0.5, 0.6) is 0 Å². The molecule has 5 heteroatoms. The van der Waals surface area contributed by atoms with Crippen LogP contribution in [0.15, 0.2) is 54.6 Å². The molecule has 2 bridgehead atoms. The molecule has 1 saturated carbocycles. The van der Waals surface area contributed by atoms with Gasteiger partial charge in [-0.15, -0.1) is 0 Å². The molecule has 4 rings (SSSR count). The van der Waals surface area contributed by atoms with Crippen LogP contribution in [-0.4, -0.2) is 29.3 Å². The Morgan fingerprint density at radius 3 is 2.21 bits per heavy atom. The van der Waals surface area contributed by atoms with Gasteiger partial charge in [-0.05, 0) is 66.5 Å². The van der Waals surface area contributed by atoms with Crippen LogP contribution in [0.1, 0.15) is 40.0 Å². The number of fused-ring (bicyclic) bond motifs is 2. The average molecular weight is 392 g/mol. The lowest BCUT2D eigenvalue weighted by Crippen LogP contribution is -2.43. The minimum absolute atomic E-state index is 0.118. The summed E-state index contributed by atoms with van der Waals surface area (Å²) >= 11 is 0. The Kier molecular flexibility index (Phi) is 4.85. The van der Waals surface area contributed by atoms with Crippen molar-refractivity contribution >= 4 is 28.9 Å². The second-order valence-corrected chi connectivity index (χ2v) is 9.67. The molecule has 5 nitrogen and oxygen atoms in total. The second-order valence-electron chi connectivity index (χ2n) is 9.67. The van der Waals surface area contributed by atoms with Gasteiger partial charge in [-0.25, -0.2) is 0 Å². The summed E-state index contributed by atoms with van der Waals surface area (Å²) < 4.78 is 0. The number of carbonyl (C=O) groups is 2. The van der Waals surface area contributed by atoms with Crippen molar-refractivity contribution in [2.24, 2.45) is 10.8 Å². The van der Waals surface area contributed by atoms with Gasteiger partial charge in [0.1, 0.15) is 0 Å². The fourth-order valence-electron chi connectivity index (χ4n) is 5.34. The van der Waals surface area contributed by atoms with Crippen molar-refractivity contribution in [2.75, 3.05) is 17.2 Å².